The van der Waals surface area contributed by atoms with Gasteiger partial charge in [0.1, 0.15) is 29.1 Å². The van der Waals surface area contributed by atoms with Crippen LogP contribution in [0.15, 0.2) is 12.3 Å². The zero-order valence-corrected chi connectivity index (χ0v) is 19.2. The van der Waals surface area contributed by atoms with Crippen LogP contribution in [0.25, 0.3) is 22.3 Å². The van der Waals surface area contributed by atoms with E-state index < -0.39 is 17.5 Å². The van der Waals surface area contributed by atoms with Gasteiger partial charge in [0.25, 0.3) is 0 Å². The first-order chi connectivity index (χ1) is 15.6. The van der Waals surface area contributed by atoms with Crippen molar-refractivity contribution in [3.63, 3.8) is 0 Å². The molecule has 33 heavy (non-hydrogen) atoms. The molecule has 3 atom stereocenters. The molecule has 2 aromatic heterocycles. The highest BCUT2D eigenvalue weighted by Gasteiger charge is 2.34. The number of anilines is 1. The summed E-state index contributed by atoms with van der Waals surface area (Å²) in [4.78, 5) is 13.2. The zero-order chi connectivity index (χ0) is 23.5. The van der Waals surface area contributed by atoms with Crippen LogP contribution in [0, 0.1) is 5.82 Å². The molecule has 0 saturated carbocycles. The fourth-order valence-corrected chi connectivity index (χ4v) is 4.54. The molecule has 0 amide bonds. The molecule has 9 nitrogen and oxygen atoms in total. The molecule has 3 aromatic rings. The van der Waals surface area contributed by atoms with Crippen LogP contribution in [0.1, 0.15) is 39.1 Å². The molecule has 4 heterocycles. The van der Waals surface area contributed by atoms with Crippen molar-refractivity contribution in [3.05, 3.63) is 28.9 Å². The van der Waals surface area contributed by atoms with E-state index in [1.165, 1.54) is 12.3 Å². The van der Waals surface area contributed by atoms with E-state index in [-0.39, 0.29) is 35.2 Å². The molecule has 1 aromatic carbocycles. The molecule has 2 aliphatic heterocycles. The Kier molecular flexibility index (Phi) is 5.43. The Labute approximate surface area is 194 Å². The molecule has 2 aliphatic rings. The molecule has 5 rings (SSSR count). The second kappa shape index (κ2) is 8.05. The zero-order valence-electron chi connectivity index (χ0n) is 18.5. The molecule has 2 unspecified atom stereocenters. The van der Waals surface area contributed by atoms with Crippen LogP contribution < -0.4 is 10.1 Å². The Balaban J connectivity index is 1.65. The maximum atomic E-state index is 15.3. The predicted octanol–water partition coefficient (Wildman–Crippen LogP) is 3.03. The Hall–Kier alpha value is -2.53. The highest BCUT2D eigenvalue weighted by molar-refractivity contribution is 6.33. The van der Waals surface area contributed by atoms with Crippen molar-refractivity contribution in [2.24, 2.45) is 0 Å². The lowest BCUT2D eigenvalue weighted by atomic mass is 10.1. The lowest BCUT2D eigenvalue weighted by Crippen LogP contribution is -2.42. The summed E-state index contributed by atoms with van der Waals surface area (Å²) in [6, 6.07) is 0.852. The van der Waals surface area contributed by atoms with Crippen molar-refractivity contribution >= 4 is 28.6 Å². The third kappa shape index (κ3) is 3.80. The predicted molar refractivity (Wildman–Crippen MR) is 120 cm³/mol. The molecule has 176 valence electrons. The van der Waals surface area contributed by atoms with Gasteiger partial charge >= 0.3 is 0 Å². The van der Waals surface area contributed by atoms with Gasteiger partial charge in [-0.15, -0.1) is 0 Å². The second-order valence-electron chi connectivity index (χ2n) is 9.03. The van der Waals surface area contributed by atoms with Gasteiger partial charge in [0.05, 0.1) is 41.7 Å². The van der Waals surface area contributed by atoms with Crippen molar-refractivity contribution in [2.75, 3.05) is 25.1 Å². The number of nitrogens with one attached hydrogen (secondary N) is 1. The molecular formula is C22H25ClFN5O4. The molecule has 11 heteroatoms. The summed E-state index contributed by atoms with van der Waals surface area (Å²) in [6.45, 7) is 6.19. The number of imidazole rings is 1. The average molecular weight is 478 g/mol. The van der Waals surface area contributed by atoms with Crippen molar-refractivity contribution in [3.8, 4) is 17.0 Å². The molecule has 3 N–H and O–H groups in total. The van der Waals surface area contributed by atoms with Crippen molar-refractivity contribution in [1.82, 2.24) is 19.5 Å². The number of nitrogens with zero attached hydrogens (tertiary/aromatic N) is 4. The van der Waals surface area contributed by atoms with Crippen LogP contribution in [0.2, 0.25) is 5.02 Å². The van der Waals surface area contributed by atoms with E-state index in [1.807, 2.05) is 11.5 Å². The minimum Gasteiger partial charge on any atom is -0.488 e. The number of hydrogen-bond acceptors (Lipinski definition) is 8. The Morgan fingerprint density at radius 3 is 2.82 bits per heavy atom. The minimum atomic E-state index is -1.28. The average Bonchev–Trinajstić information content (AvgIpc) is 3.18. The van der Waals surface area contributed by atoms with Gasteiger partial charge in [0.2, 0.25) is 5.95 Å². The molecule has 0 aliphatic carbocycles. The largest absolute Gasteiger partial charge is 0.488 e. The molecule has 1 saturated heterocycles. The first kappa shape index (κ1) is 22.3. The summed E-state index contributed by atoms with van der Waals surface area (Å²) in [7, 11) is 0. The summed E-state index contributed by atoms with van der Waals surface area (Å²) in [6.07, 6.45) is 1.32. The maximum absolute atomic E-state index is 15.3. The van der Waals surface area contributed by atoms with Gasteiger partial charge in [-0.25, -0.2) is 19.3 Å². The quantitative estimate of drug-likeness (QED) is 0.525. The first-order valence-corrected chi connectivity index (χ1v) is 11.2. The first-order valence-electron chi connectivity index (χ1n) is 10.8. The highest BCUT2D eigenvalue weighted by atomic mass is 35.5. The summed E-state index contributed by atoms with van der Waals surface area (Å²) < 4.78 is 28.4. The second-order valence-corrected chi connectivity index (χ2v) is 9.44. The van der Waals surface area contributed by atoms with E-state index in [9.17, 15) is 10.2 Å². The number of rotatable bonds is 4. The van der Waals surface area contributed by atoms with E-state index in [0.29, 0.717) is 48.0 Å². The van der Waals surface area contributed by atoms with Gasteiger partial charge in [0, 0.05) is 12.2 Å². The number of aliphatic hydroxyl groups is 2. The van der Waals surface area contributed by atoms with Crippen LogP contribution in [0.4, 0.5) is 10.3 Å². The van der Waals surface area contributed by atoms with Crippen LogP contribution in [0.3, 0.4) is 0 Å². The monoisotopic (exact) mass is 477 g/mol. The number of benzene rings is 1. The minimum absolute atomic E-state index is 0.117. The fourth-order valence-electron chi connectivity index (χ4n) is 4.35. The van der Waals surface area contributed by atoms with Gasteiger partial charge in [-0.05, 0) is 33.3 Å². The molecule has 0 bridgehead atoms. The lowest BCUT2D eigenvalue weighted by Gasteiger charge is -2.29. The maximum Gasteiger partial charge on any atom is 0.223 e. The number of hydrogen-bond donors (Lipinski definition) is 3. The fraction of sp³-hybridized carbons (Fsp3) is 0.500. The van der Waals surface area contributed by atoms with Crippen LogP contribution in [-0.2, 0) is 10.3 Å². The van der Waals surface area contributed by atoms with Gasteiger partial charge in [-0.1, -0.05) is 11.6 Å². The van der Waals surface area contributed by atoms with Crippen LogP contribution >= 0.6 is 11.6 Å². The van der Waals surface area contributed by atoms with E-state index in [0.717, 1.165) is 0 Å². The van der Waals surface area contributed by atoms with E-state index in [4.69, 9.17) is 21.1 Å². The highest BCUT2D eigenvalue weighted by Crippen LogP contribution is 2.45. The summed E-state index contributed by atoms with van der Waals surface area (Å²) in [5.41, 5.74) is -0.0592. The Morgan fingerprint density at radius 1 is 1.30 bits per heavy atom. The standard InChI is InChI=1S/C22H25ClFN5O4/c1-10-8-33-19-11(6-13(24)17-18(19)29(10)20(27-17)22(2,3)31)16-12(23)7-25-21(28-16)26-14-4-5-32-9-15(14)30/h6-7,10,14-15,30-31H,4-5,8-9H2,1-3H3,(H,25,26,28)/t10-,14?,15?/m1/s1. The summed E-state index contributed by atoms with van der Waals surface area (Å²) in [5, 5.41) is 24.2. The van der Waals surface area contributed by atoms with E-state index >= 15 is 4.39 Å². The Bertz CT molecular complexity index is 1230. The molecule has 0 spiro atoms. The van der Waals surface area contributed by atoms with Gasteiger partial charge in [0.15, 0.2) is 11.6 Å². The third-order valence-corrected chi connectivity index (χ3v) is 6.24. The smallest absolute Gasteiger partial charge is 0.223 e. The normalized spacial score (nSPS) is 22.9. The lowest BCUT2D eigenvalue weighted by molar-refractivity contribution is -0.0136. The van der Waals surface area contributed by atoms with Gasteiger partial charge in [-0.3, -0.25) is 0 Å². The number of aliphatic hydroxyl groups excluding tert-OH is 1. The molecule has 1 fully saturated rings. The van der Waals surface area contributed by atoms with Gasteiger partial charge < -0.3 is 29.6 Å². The number of halogens is 2. The molecule has 0 radical (unpaired) electrons. The van der Waals surface area contributed by atoms with Crippen molar-refractivity contribution in [2.45, 2.75) is 51.0 Å². The Morgan fingerprint density at radius 2 is 2.09 bits per heavy atom. The van der Waals surface area contributed by atoms with Gasteiger partial charge in [-0.2, -0.15) is 0 Å². The van der Waals surface area contributed by atoms with Crippen molar-refractivity contribution in [1.29, 1.82) is 0 Å². The van der Waals surface area contributed by atoms with Crippen molar-refractivity contribution < 1.29 is 24.1 Å². The summed E-state index contributed by atoms with van der Waals surface area (Å²) >= 11 is 6.44. The van der Waals surface area contributed by atoms with E-state index in [2.05, 4.69) is 20.3 Å². The topological polar surface area (TPSA) is 115 Å². The third-order valence-electron chi connectivity index (χ3n) is 5.96. The molecular weight excluding hydrogens is 453 g/mol. The number of ether oxygens (including phenoxy) is 2. The summed E-state index contributed by atoms with van der Waals surface area (Å²) in [5.74, 6) is 0.429. The SMILES string of the molecule is C[C@@H]1COc2c(-c3nc(NC4CCOCC4O)ncc3Cl)cc(F)c3nc(C(C)(C)O)n1c23. The number of aromatic nitrogens is 4. The van der Waals surface area contributed by atoms with E-state index in [1.54, 1.807) is 13.8 Å². The van der Waals surface area contributed by atoms with Crippen LogP contribution in [-0.4, -0.2) is 61.7 Å². The van der Waals surface area contributed by atoms with Crippen LogP contribution in [0.5, 0.6) is 5.75 Å².